The molecular weight excluding hydrogens is 280 g/mol. The van der Waals surface area contributed by atoms with Gasteiger partial charge in [-0.1, -0.05) is 36.4 Å². The smallest absolute Gasteiger partial charge is 0.303 e. The molecule has 0 fully saturated rings. The zero-order chi connectivity index (χ0) is 15.4. The van der Waals surface area contributed by atoms with Crippen molar-refractivity contribution < 1.29 is 19.0 Å². The topological polar surface area (TPSA) is 44.8 Å². The molecule has 3 rings (SSSR count). The number of rotatable bonds is 5. The SMILES string of the molecule is CC(=O)OC(CCc1ccccc1)c1ccc2c(c1)OCO2. The Bertz CT molecular complexity index is 651. The number of aryl methyl sites for hydroxylation is 1. The third-order valence-electron chi connectivity index (χ3n) is 3.61. The second-order valence-corrected chi connectivity index (χ2v) is 5.24. The number of hydrogen-bond donors (Lipinski definition) is 0. The maximum Gasteiger partial charge on any atom is 0.303 e. The van der Waals surface area contributed by atoms with Crippen molar-refractivity contribution in [1.29, 1.82) is 0 Å². The van der Waals surface area contributed by atoms with E-state index >= 15 is 0 Å². The number of carbonyl (C=O) groups is 1. The van der Waals surface area contributed by atoms with E-state index in [4.69, 9.17) is 14.2 Å². The molecule has 1 unspecified atom stereocenters. The molecule has 114 valence electrons. The van der Waals surface area contributed by atoms with E-state index < -0.39 is 0 Å². The van der Waals surface area contributed by atoms with Crippen molar-refractivity contribution in [2.75, 3.05) is 6.79 Å². The van der Waals surface area contributed by atoms with E-state index in [1.807, 2.05) is 36.4 Å². The number of carbonyl (C=O) groups excluding carboxylic acids is 1. The molecule has 0 saturated heterocycles. The Balaban J connectivity index is 1.75. The van der Waals surface area contributed by atoms with Gasteiger partial charge in [0.15, 0.2) is 11.5 Å². The molecule has 4 nitrogen and oxygen atoms in total. The third kappa shape index (κ3) is 3.39. The molecule has 0 spiro atoms. The number of esters is 1. The van der Waals surface area contributed by atoms with Crippen molar-refractivity contribution in [1.82, 2.24) is 0 Å². The fraction of sp³-hybridized carbons (Fsp3) is 0.278. The molecule has 0 radical (unpaired) electrons. The van der Waals surface area contributed by atoms with Gasteiger partial charge in [0, 0.05) is 6.92 Å². The largest absolute Gasteiger partial charge is 0.458 e. The standard InChI is InChI=1S/C18H18O4/c1-13(19)22-16(9-7-14-5-3-2-4-6-14)15-8-10-17-18(11-15)21-12-20-17/h2-6,8,10-11,16H,7,9,12H2,1H3. The van der Waals surface area contributed by atoms with E-state index in [0.29, 0.717) is 5.75 Å². The summed E-state index contributed by atoms with van der Waals surface area (Å²) < 4.78 is 16.2. The summed E-state index contributed by atoms with van der Waals surface area (Å²) in [5, 5.41) is 0. The molecule has 2 aromatic rings. The van der Waals surface area contributed by atoms with Crippen LogP contribution < -0.4 is 9.47 Å². The second kappa shape index (κ2) is 6.52. The minimum absolute atomic E-state index is 0.237. The summed E-state index contributed by atoms with van der Waals surface area (Å²) in [6, 6.07) is 15.8. The molecule has 0 bridgehead atoms. The highest BCUT2D eigenvalue weighted by Gasteiger charge is 2.20. The van der Waals surface area contributed by atoms with E-state index in [0.717, 1.165) is 24.2 Å². The van der Waals surface area contributed by atoms with Crippen molar-refractivity contribution in [2.24, 2.45) is 0 Å². The molecule has 2 aromatic carbocycles. The summed E-state index contributed by atoms with van der Waals surface area (Å²) in [6.45, 7) is 1.67. The molecule has 0 amide bonds. The molecule has 1 aliphatic rings. The Hall–Kier alpha value is -2.49. The van der Waals surface area contributed by atoms with Gasteiger partial charge in [-0.05, 0) is 36.1 Å². The first-order chi connectivity index (χ1) is 10.7. The zero-order valence-corrected chi connectivity index (χ0v) is 12.5. The first-order valence-electron chi connectivity index (χ1n) is 7.33. The molecule has 1 heterocycles. The van der Waals surface area contributed by atoms with Gasteiger partial charge in [0.05, 0.1) is 0 Å². The van der Waals surface area contributed by atoms with Crippen LogP contribution in [0.4, 0.5) is 0 Å². The second-order valence-electron chi connectivity index (χ2n) is 5.24. The first-order valence-corrected chi connectivity index (χ1v) is 7.33. The summed E-state index contributed by atoms with van der Waals surface area (Å²) in [5.74, 6) is 1.15. The average Bonchev–Trinajstić information content (AvgIpc) is 2.99. The fourth-order valence-corrected chi connectivity index (χ4v) is 2.55. The Kier molecular flexibility index (Phi) is 4.28. The first kappa shape index (κ1) is 14.4. The highest BCUT2D eigenvalue weighted by atomic mass is 16.7. The van der Waals surface area contributed by atoms with Crippen LogP contribution in [-0.4, -0.2) is 12.8 Å². The molecular formula is C18H18O4. The molecule has 1 aliphatic heterocycles. The highest BCUT2D eigenvalue weighted by molar-refractivity contribution is 5.66. The molecule has 22 heavy (non-hydrogen) atoms. The van der Waals surface area contributed by atoms with Crippen LogP contribution in [0.25, 0.3) is 0 Å². The normalized spacial score (nSPS) is 13.7. The fourth-order valence-electron chi connectivity index (χ4n) is 2.55. The summed E-state index contributed by atoms with van der Waals surface area (Å²) in [7, 11) is 0. The summed E-state index contributed by atoms with van der Waals surface area (Å²) in [4.78, 5) is 11.4. The molecule has 0 aliphatic carbocycles. The van der Waals surface area contributed by atoms with E-state index in [1.165, 1.54) is 12.5 Å². The van der Waals surface area contributed by atoms with E-state index in [2.05, 4.69) is 12.1 Å². The quantitative estimate of drug-likeness (QED) is 0.790. The lowest BCUT2D eigenvalue weighted by molar-refractivity contribution is -0.147. The average molecular weight is 298 g/mol. The van der Waals surface area contributed by atoms with Crippen LogP contribution >= 0.6 is 0 Å². The lowest BCUT2D eigenvalue weighted by Gasteiger charge is -2.18. The van der Waals surface area contributed by atoms with Crippen LogP contribution in [0.5, 0.6) is 11.5 Å². The van der Waals surface area contributed by atoms with E-state index in [1.54, 1.807) is 0 Å². The number of fused-ring (bicyclic) bond motifs is 1. The minimum atomic E-state index is -0.285. The van der Waals surface area contributed by atoms with Gasteiger partial charge in [-0.3, -0.25) is 4.79 Å². The Morgan fingerprint density at radius 2 is 1.91 bits per heavy atom. The van der Waals surface area contributed by atoms with Crippen molar-refractivity contribution >= 4 is 5.97 Å². The van der Waals surface area contributed by atoms with Crippen LogP contribution in [0.3, 0.4) is 0 Å². The van der Waals surface area contributed by atoms with Gasteiger partial charge in [0.1, 0.15) is 6.10 Å². The van der Waals surface area contributed by atoms with Gasteiger partial charge in [-0.25, -0.2) is 0 Å². The highest BCUT2D eigenvalue weighted by Crippen LogP contribution is 2.36. The van der Waals surface area contributed by atoms with Crippen molar-refractivity contribution in [3.8, 4) is 11.5 Å². The summed E-state index contributed by atoms with van der Waals surface area (Å²) in [6.07, 6.45) is 1.28. The zero-order valence-electron chi connectivity index (χ0n) is 12.5. The maximum absolute atomic E-state index is 11.4. The van der Waals surface area contributed by atoms with Gasteiger partial charge < -0.3 is 14.2 Å². The third-order valence-corrected chi connectivity index (χ3v) is 3.61. The molecule has 1 atom stereocenters. The number of ether oxygens (including phenoxy) is 3. The van der Waals surface area contributed by atoms with Crippen molar-refractivity contribution in [3.63, 3.8) is 0 Å². The lowest BCUT2D eigenvalue weighted by atomic mass is 10.0. The van der Waals surface area contributed by atoms with E-state index in [-0.39, 0.29) is 18.9 Å². The van der Waals surface area contributed by atoms with Crippen LogP contribution in [0.15, 0.2) is 48.5 Å². The number of hydrogen-bond acceptors (Lipinski definition) is 4. The minimum Gasteiger partial charge on any atom is -0.458 e. The predicted octanol–water partition coefficient (Wildman–Crippen LogP) is 3.65. The summed E-state index contributed by atoms with van der Waals surface area (Å²) in [5.41, 5.74) is 2.15. The van der Waals surface area contributed by atoms with Crippen LogP contribution in [0.2, 0.25) is 0 Å². The van der Waals surface area contributed by atoms with Gasteiger partial charge in [-0.2, -0.15) is 0 Å². The Morgan fingerprint density at radius 3 is 2.68 bits per heavy atom. The summed E-state index contributed by atoms with van der Waals surface area (Å²) >= 11 is 0. The number of benzene rings is 2. The van der Waals surface area contributed by atoms with Crippen LogP contribution in [0, 0.1) is 0 Å². The van der Waals surface area contributed by atoms with E-state index in [9.17, 15) is 4.79 Å². The monoisotopic (exact) mass is 298 g/mol. The van der Waals surface area contributed by atoms with Crippen LogP contribution in [-0.2, 0) is 16.0 Å². The maximum atomic E-state index is 11.4. The van der Waals surface area contributed by atoms with Gasteiger partial charge in [0.2, 0.25) is 6.79 Å². The van der Waals surface area contributed by atoms with Crippen molar-refractivity contribution in [3.05, 3.63) is 59.7 Å². The van der Waals surface area contributed by atoms with Gasteiger partial charge >= 0.3 is 5.97 Å². The predicted molar refractivity (Wildman–Crippen MR) is 81.8 cm³/mol. The molecule has 4 heteroatoms. The Morgan fingerprint density at radius 1 is 1.14 bits per heavy atom. The van der Waals surface area contributed by atoms with Gasteiger partial charge in [0.25, 0.3) is 0 Å². The molecule has 0 saturated carbocycles. The van der Waals surface area contributed by atoms with Crippen LogP contribution in [0.1, 0.15) is 30.6 Å². The lowest BCUT2D eigenvalue weighted by Crippen LogP contribution is -2.09. The van der Waals surface area contributed by atoms with Gasteiger partial charge in [-0.15, -0.1) is 0 Å². The molecule has 0 N–H and O–H groups in total. The van der Waals surface area contributed by atoms with Crippen molar-refractivity contribution in [2.45, 2.75) is 25.9 Å². The Labute approximate surface area is 129 Å². The molecule has 0 aromatic heterocycles.